The van der Waals surface area contributed by atoms with E-state index in [0.717, 1.165) is 17.8 Å². The van der Waals surface area contributed by atoms with Crippen LogP contribution in [0.5, 0.6) is 0 Å². The third-order valence-electron chi connectivity index (χ3n) is 6.72. The summed E-state index contributed by atoms with van der Waals surface area (Å²) < 4.78 is 0. The average molecular weight is 368 g/mol. The molecule has 0 fully saturated rings. The van der Waals surface area contributed by atoms with E-state index in [1.165, 1.54) is 96.3 Å². The van der Waals surface area contributed by atoms with E-state index in [4.69, 9.17) is 5.73 Å². The van der Waals surface area contributed by atoms with E-state index in [-0.39, 0.29) is 5.54 Å². The molecule has 0 aliphatic heterocycles. The van der Waals surface area contributed by atoms with Crippen molar-refractivity contribution in [3.63, 3.8) is 0 Å². The molecule has 0 aromatic carbocycles. The van der Waals surface area contributed by atoms with Crippen molar-refractivity contribution in [2.45, 2.75) is 143 Å². The maximum absolute atomic E-state index is 7.24. The molecule has 0 aliphatic carbocycles. The second-order valence-electron chi connectivity index (χ2n) is 9.22. The summed E-state index contributed by atoms with van der Waals surface area (Å²) in [6, 6.07) is 0. The minimum Gasteiger partial charge on any atom is -0.325 e. The second kappa shape index (κ2) is 16.0. The zero-order valence-corrected chi connectivity index (χ0v) is 19.4. The lowest BCUT2D eigenvalue weighted by molar-refractivity contribution is 0.185. The van der Waals surface area contributed by atoms with Crippen LogP contribution in [-0.2, 0) is 0 Å². The Bertz CT molecular complexity index is 253. The smallest absolute Gasteiger partial charge is 0.0162 e. The lowest BCUT2D eigenvalue weighted by Crippen LogP contribution is -2.45. The zero-order valence-electron chi connectivity index (χ0n) is 19.4. The van der Waals surface area contributed by atoms with Crippen LogP contribution in [0.15, 0.2) is 0 Å². The SMILES string of the molecule is CCCCC(CC)CC(N)(CC(CC)CCCC)CC(CC)CCCC. The fourth-order valence-corrected chi connectivity index (χ4v) is 4.80. The summed E-state index contributed by atoms with van der Waals surface area (Å²) in [5, 5.41) is 0. The zero-order chi connectivity index (χ0) is 19.8. The minimum absolute atomic E-state index is 0.0667. The molecule has 2 N–H and O–H groups in total. The standard InChI is InChI=1S/C25H53N/c1-7-13-16-22(10-4)19-25(26,20-23(11-5)17-14-8-2)21-24(12-6)18-15-9-3/h22-24H,7-21,26H2,1-6H3. The molecule has 0 aromatic heterocycles. The van der Waals surface area contributed by atoms with Crippen LogP contribution in [-0.4, -0.2) is 5.54 Å². The van der Waals surface area contributed by atoms with Crippen LogP contribution >= 0.6 is 0 Å². The molecule has 0 aromatic rings. The second-order valence-corrected chi connectivity index (χ2v) is 9.22. The van der Waals surface area contributed by atoms with E-state index in [1.54, 1.807) is 0 Å². The third-order valence-corrected chi connectivity index (χ3v) is 6.72. The predicted octanol–water partition coefficient (Wildman–Crippen LogP) is 8.50. The van der Waals surface area contributed by atoms with E-state index in [0.29, 0.717) is 0 Å². The molecule has 3 atom stereocenters. The molecule has 1 heteroatoms. The largest absolute Gasteiger partial charge is 0.325 e. The molecule has 3 unspecified atom stereocenters. The molecule has 0 rings (SSSR count). The van der Waals surface area contributed by atoms with Gasteiger partial charge >= 0.3 is 0 Å². The van der Waals surface area contributed by atoms with Crippen LogP contribution in [0.1, 0.15) is 138 Å². The lowest BCUT2D eigenvalue weighted by atomic mass is 9.71. The van der Waals surface area contributed by atoms with Crippen molar-refractivity contribution in [3.8, 4) is 0 Å². The van der Waals surface area contributed by atoms with Gasteiger partial charge in [0.15, 0.2) is 0 Å². The number of unbranched alkanes of at least 4 members (excludes halogenated alkanes) is 3. The van der Waals surface area contributed by atoms with Crippen molar-refractivity contribution < 1.29 is 0 Å². The van der Waals surface area contributed by atoms with Crippen LogP contribution in [0, 0.1) is 17.8 Å². The molecular formula is C25H53N. The molecule has 1 nitrogen and oxygen atoms in total. The first-order chi connectivity index (χ1) is 12.5. The summed E-state index contributed by atoms with van der Waals surface area (Å²) in [6.07, 6.45) is 19.9. The molecule has 0 radical (unpaired) electrons. The van der Waals surface area contributed by atoms with E-state index < -0.39 is 0 Å². The Morgan fingerprint density at radius 3 is 1.00 bits per heavy atom. The summed E-state index contributed by atoms with van der Waals surface area (Å²) in [4.78, 5) is 0. The van der Waals surface area contributed by atoms with Crippen molar-refractivity contribution >= 4 is 0 Å². The van der Waals surface area contributed by atoms with Crippen LogP contribution in [0.25, 0.3) is 0 Å². The fourth-order valence-electron chi connectivity index (χ4n) is 4.80. The van der Waals surface area contributed by atoms with Crippen molar-refractivity contribution in [3.05, 3.63) is 0 Å². The Morgan fingerprint density at radius 2 is 0.808 bits per heavy atom. The fraction of sp³-hybridized carbons (Fsp3) is 1.00. The quantitative estimate of drug-likeness (QED) is 0.258. The van der Waals surface area contributed by atoms with Gasteiger partial charge in [0.05, 0.1) is 0 Å². The van der Waals surface area contributed by atoms with Gasteiger partial charge in [-0.05, 0) is 37.0 Å². The van der Waals surface area contributed by atoms with Gasteiger partial charge in [-0.25, -0.2) is 0 Å². The normalized spacial score (nSPS) is 17.7. The Labute approximate surface area is 167 Å². The van der Waals surface area contributed by atoms with E-state index >= 15 is 0 Å². The Kier molecular flexibility index (Phi) is 15.9. The lowest BCUT2D eigenvalue weighted by Gasteiger charge is -2.39. The van der Waals surface area contributed by atoms with Gasteiger partial charge in [-0.1, -0.05) is 119 Å². The Hall–Kier alpha value is -0.0400. The number of nitrogens with two attached hydrogens (primary N) is 1. The predicted molar refractivity (Wildman–Crippen MR) is 121 cm³/mol. The average Bonchev–Trinajstić information content (AvgIpc) is 2.65. The molecular weight excluding hydrogens is 314 g/mol. The van der Waals surface area contributed by atoms with Crippen LogP contribution in [0.4, 0.5) is 0 Å². The monoisotopic (exact) mass is 367 g/mol. The summed E-state index contributed by atoms with van der Waals surface area (Å²) >= 11 is 0. The maximum Gasteiger partial charge on any atom is 0.0162 e. The molecule has 158 valence electrons. The maximum atomic E-state index is 7.24. The van der Waals surface area contributed by atoms with Gasteiger partial charge < -0.3 is 5.73 Å². The van der Waals surface area contributed by atoms with Gasteiger partial charge in [-0.2, -0.15) is 0 Å². The summed E-state index contributed by atoms with van der Waals surface area (Å²) in [5.41, 5.74) is 7.31. The highest BCUT2D eigenvalue weighted by Crippen LogP contribution is 2.36. The highest BCUT2D eigenvalue weighted by Gasteiger charge is 2.32. The molecule has 0 spiro atoms. The van der Waals surface area contributed by atoms with Gasteiger partial charge in [0.25, 0.3) is 0 Å². The molecule has 0 amide bonds. The van der Waals surface area contributed by atoms with Gasteiger partial charge in [0, 0.05) is 5.54 Å². The molecule has 26 heavy (non-hydrogen) atoms. The van der Waals surface area contributed by atoms with Gasteiger partial charge in [-0.3, -0.25) is 0 Å². The molecule has 0 saturated carbocycles. The number of hydrogen-bond donors (Lipinski definition) is 1. The summed E-state index contributed by atoms with van der Waals surface area (Å²) in [7, 11) is 0. The van der Waals surface area contributed by atoms with E-state index in [2.05, 4.69) is 41.5 Å². The van der Waals surface area contributed by atoms with Crippen molar-refractivity contribution in [1.29, 1.82) is 0 Å². The number of rotatable bonds is 18. The van der Waals surface area contributed by atoms with Gasteiger partial charge in [-0.15, -0.1) is 0 Å². The van der Waals surface area contributed by atoms with Crippen molar-refractivity contribution in [1.82, 2.24) is 0 Å². The van der Waals surface area contributed by atoms with Gasteiger partial charge in [0.2, 0.25) is 0 Å². The van der Waals surface area contributed by atoms with E-state index in [1.807, 2.05) is 0 Å². The van der Waals surface area contributed by atoms with Crippen LogP contribution in [0.3, 0.4) is 0 Å². The van der Waals surface area contributed by atoms with E-state index in [9.17, 15) is 0 Å². The van der Waals surface area contributed by atoms with Crippen molar-refractivity contribution in [2.24, 2.45) is 23.5 Å². The topological polar surface area (TPSA) is 26.0 Å². The first-order valence-electron chi connectivity index (χ1n) is 12.3. The van der Waals surface area contributed by atoms with Crippen LogP contribution < -0.4 is 5.73 Å². The molecule has 0 aliphatic rings. The highest BCUT2D eigenvalue weighted by molar-refractivity contribution is 4.90. The molecule has 0 bridgehead atoms. The first kappa shape index (κ1) is 26.0. The van der Waals surface area contributed by atoms with Crippen molar-refractivity contribution in [2.75, 3.05) is 0 Å². The van der Waals surface area contributed by atoms with Crippen LogP contribution in [0.2, 0.25) is 0 Å². The number of hydrogen-bond acceptors (Lipinski definition) is 1. The first-order valence-corrected chi connectivity index (χ1v) is 12.3. The third kappa shape index (κ3) is 11.6. The molecule has 0 heterocycles. The summed E-state index contributed by atoms with van der Waals surface area (Å²) in [6.45, 7) is 14.1. The minimum atomic E-state index is 0.0667. The highest BCUT2D eigenvalue weighted by atomic mass is 14.7. The molecule has 0 saturated heterocycles. The Morgan fingerprint density at radius 1 is 0.538 bits per heavy atom. The Balaban J connectivity index is 5.12. The van der Waals surface area contributed by atoms with Gasteiger partial charge in [0.1, 0.15) is 0 Å². The summed E-state index contributed by atoms with van der Waals surface area (Å²) in [5.74, 6) is 2.48.